The summed E-state index contributed by atoms with van der Waals surface area (Å²) in [5, 5.41) is 8.05. The van der Waals surface area contributed by atoms with Gasteiger partial charge in [-0.15, -0.1) is 0 Å². The van der Waals surface area contributed by atoms with Crippen LogP contribution in [-0.2, 0) is 60.1 Å². The summed E-state index contributed by atoms with van der Waals surface area (Å²) in [4.78, 5) is 93.7. The Morgan fingerprint density at radius 1 is 1.06 bits per heavy atom. The first-order chi connectivity index (χ1) is 32.9. The van der Waals surface area contributed by atoms with Crippen LogP contribution in [0, 0.1) is 11.8 Å². The predicted molar refractivity (Wildman–Crippen MR) is 244 cm³/mol. The highest BCUT2D eigenvalue weighted by Gasteiger charge is 2.44. The van der Waals surface area contributed by atoms with Gasteiger partial charge in [0.25, 0.3) is 11.5 Å². The van der Waals surface area contributed by atoms with Gasteiger partial charge in [0.15, 0.2) is 5.65 Å². The second-order valence-corrected chi connectivity index (χ2v) is 19.8. The molecule has 0 saturated carbocycles. The van der Waals surface area contributed by atoms with Crippen LogP contribution in [0.25, 0.3) is 11.0 Å². The average Bonchev–Trinajstić information content (AvgIpc) is 3.84. The minimum Gasteiger partial charge on any atom is -0.489 e. The minimum absolute atomic E-state index is 0.000752. The van der Waals surface area contributed by atoms with E-state index in [0.29, 0.717) is 30.8 Å². The molecule has 0 aliphatic carbocycles. The number of carbonyl (C=O) groups is 3. The maximum absolute atomic E-state index is 13.0. The van der Waals surface area contributed by atoms with Crippen LogP contribution in [0.5, 0.6) is 5.75 Å². The van der Waals surface area contributed by atoms with Gasteiger partial charge in [-0.05, 0) is 45.4 Å². The van der Waals surface area contributed by atoms with Crippen LogP contribution in [-0.4, -0.2) is 142 Å². The molecule has 3 aromatic rings. The number of nitrogens with one attached hydrogen (secondary N) is 4. The van der Waals surface area contributed by atoms with Gasteiger partial charge in [-0.3, -0.25) is 28.7 Å². The zero-order valence-electron chi connectivity index (χ0n) is 38.2. The van der Waals surface area contributed by atoms with Crippen molar-refractivity contribution in [2.75, 3.05) is 71.7 Å². The van der Waals surface area contributed by atoms with Gasteiger partial charge in [0.2, 0.25) is 17.8 Å². The predicted octanol–water partition coefficient (Wildman–Crippen LogP) is -0.455. The number of hydrogen-bond donors (Lipinski definition) is 11. The third-order valence-electron chi connectivity index (χ3n) is 9.44. The van der Waals surface area contributed by atoms with Crippen molar-refractivity contribution in [1.29, 1.82) is 0 Å². The molecule has 0 bridgehead atoms. The number of hydrogen-bond acceptors (Lipinski definition) is 20. The molecule has 14 N–H and O–H groups in total. The number of anilines is 1. The lowest BCUT2D eigenvalue weighted by molar-refractivity contribution is -0.126. The van der Waals surface area contributed by atoms with Crippen LogP contribution >= 0.6 is 23.5 Å². The second kappa shape index (κ2) is 26.7. The number of aromatic nitrogens is 3. The number of aromatic amines is 1. The number of carbonyl (C=O) groups excluding carboxylic acids is 3. The van der Waals surface area contributed by atoms with Crippen molar-refractivity contribution in [3.8, 4) is 17.6 Å². The van der Waals surface area contributed by atoms with Crippen molar-refractivity contribution in [3.63, 3.8) is 0 Å². The third kappa shape index (κ3) is 19.9. The number of amides is 3. The molecule has 29 nitrogen and oxygen atoms in total. The van der Waals surface area contributed by atoms with Crippen molar-refractivity contribution in [2.45, 2.75) is 70.3 Å². The van der Waals surface area contributed by atoms with E-state index in [2.05, 4.69) is 46.4 Å². The maximum atomic E-state index is 13.0. The monoisotopic (exact) mass is 1050 g/mol. The van der Waals surface area contributed by atoms with E-state index >= 15 is 0 Å². The van der Waals surface area contributed by atoms with Gasteiger partial charge < -0.3 is 85.7 Å². The summed E-state index contributed by atoms with van der Waals surface area (Å²) in [5.74, 6) is 4.57. The largest absolute Gasteiger partial charge is 0.490 e. The molecule has 3 amide bonds. The van der Waals surface area contributed by atoms with Crippen LogP contribution in [0.15, 0.2) is 35.3 Å². The Hall–Kier alpha value is -4.66. The molecule has 0 radical (unpaired) electrons. The fraction of sp³-hybridized carbons (Fsp3) is 0.553. The van der Waals surface area contributed by atoms with Crippen LogP contribution in [0.3, 0.4) is 0 Å². The van der Waals surface area contributed by atoms with Gasteiger partial charge in [-0.1, -0.05) is 17.9 Å². The van der Waals surface area contributed by atoms with E-state index in [9.17, 15) is 42.7 Å². The summed E-state index contributed by atoms with van der Waals surface area (Å²) in [7, 11) is -16.9. The molecule has 1 aromatic carbocycles. The number of nitrogen functional groups attached to an aromatic ring is 1. The number of fused-ring (bicyclic) bond motifs is 1. The van der Waals surface area contributed by atoms with Gasteiger partial charge in [-0.2, -0.15) is 13.6 Å². The molecule has 390 valence electrons. The molecular formula is C38H58N9O20P3. The fourth-order valence-electron chi connectivity index (χ4n) is 6.43. The first kappa shape index (κ1) is 57.9. The molecule has 1 saturated heterocycles. The summed E-state index contributed by atoms with van der Waals surface area (Å²) in [6, 6.07) is 6.42. The summed E-state index contributed by atoms with van der Waals surface area (Å²) < 4.78 is 82.1. The first-order valence-corrected chi connectivity index (χ1v) is 25.7. The number of phosphoric acid groups is 3. The van der Waals surface area contributed by atoms with Crippen molar-refractivity contribution in [1.82, 2.24) is 30.5 Å². The molecule has 0 spiro atoms. The molecule has 6 unspecified atom stereocenters. The van der Waals surface area contributed by atoms with E-state index in [0.717, 1.165) is 0 Å². The smallest absolute Gasteiger partial charge is 0.489 e. The highest BCUT2D eigenvalue weighted by molar-refractivity contribution is 7.66. The summed E-state index contributed by atoms with van der Waals surface area (Å²) in [6.07, 6.45) is -1.88. The van der Waals surface area contributed by atoms with Crippen molar-refractivity contribution in [2.24, 2.45) is 11.5 Å². The van der Waals surface area contributed by atoms with Gasteiger partial charge in [-0.25, -0.2) is 13.7 Å². The normalized spacial score (nSPS) is 18.3. The number of ether oxygens (including phenoxy) is 6. The Kier molecular flexibility index (Phi) is 22.1. The van der Waals surface area contributed by atoms with Crippen molar-refractivity contribution >= 4 is 58.2 Å². The Balaban J connectivity index is 1.19. The number of nitrogens with zero attached hydrogens (tertiary/aromatic N) is 2. The van der Waals surface area contributed by atoms with Gasteiger partial charge >= 0.3 is 23.5 Å². The average molecular weight is 1050 g/mol. The summed E-state index contributed by atoms with van der Waals surface area (Å²) >= 11 is 0. The molecule has 3 heterocycles. The lowest BCUT2D eigenvalue weighted by Crippen LogP contribution is -2.35. The van der Waals surface area contributed by atoms with Crippen molar-refractivity contribution in [3.05, 3.63) is 51.9 Å². The zero-order chi connectivity index (χ0) is 51.7. The molecule has 6 atom stereocenters. The number of benzene rings is 1. The third-order valence-corrected chi connectivity index (χ3v) is 13.2. The Bertz CT molecular complexity index is 2530. The summed E-state index contributed by atoms with van der Waals surface area (Å²) in [5.41, 5.74) is 16.7. The lowest BCUT2D eigenvalue weighted by Gasteiger charge is -2.24. The minimum atomic E-state index is -5.79. The quantitative estimate of drug-likeness (QED) is 0.0181. The van der Waals surface area contributed by atoms with Crippen LogP contribution in [0.2, 0.25) is 0 Å². The Morgan fingerprint density at radius 3 is 2.51 bits per heavy atom. The molecular weight excluding hydrogens is 995 g/mol. The number of H-pyrrole nitrogens is 1. The molecule has 32 heteroatoms. The highest BCUT2D eigenvalue weighted by atomic mass is 31.3. The lowest BCUT2D eigenvalue weighted by atomic mass is 10.0. The molecule has 1 fully saturated rings. The van der Waals surface area contributed by atoms with Gasteiger partial charge in [0, 0.05) is 44.3 Å². The van der Waals surface area contributed by atoms with E-state index in [1.165, 1.54) is 16.8 Å². The Labute approximate surface area is 400 Å². The van der Waals surface area contributed by atoms with E-state index in [1.54, 1.807) is 18.2 Å². The Morgan fingerprint density at radius 2 is 1.80 bits per heavy atom. The van der Waals surface area contributed by atoms with E-state index in [4.69, 9.17) is 59.9 Å². The van der Waals surface area contributed by atoms with Crippen LogP contribution in [0.1, 0.15) is 62.2 Å². The van der Waals surface area contributed by atoms with Crippen molar-refractivity contribution < 1.29 is 89.2 Å². The SMILES string of the molecule is CCOC(C)(C)CCC(=O)NCCNC(=O)c1cccc(OCC(N)OCCOCC(=O)NCC#Cc2cn(C3CC(OCN)C(COP(=O)(O)OP(=O)(O)OP(=O)(O)O)O3)c3nc(N)[nH]c(=O)c23)c1. The van der Waals surface area contributed by atoms with Crippen LogP contribution < -0.4 is 43.4 Å². The highest BCUT2D eigenvalue weighted by Crippen LogP contribution is 2.66. The van der Waals surface area contributed by atoms with Crippen LogP contribution in [0.4, 0.5) is 5.95 Å². The topological polar surface area (TPSA) is 431 Å². The molecule has 1 aliphatic rings. The van der Waals surface area contributed by atoms with Gasteiger partial charge in [0.1, 0.15) is 37.5 Å². The fourth-order valence-corrected chi connectivity index (χ4v) is 9.46. The number of rotatable bonds is 29. The standard InChI is InChI=1S/C38H58N9O20P3/c1-4-63-38(2,3)11-10-30(48)43-13-14-44-35(50)24-7-5-9-26(17-24)61-21-29(40)60-16-15-59-22-31(49)42-12-6-8-25-19-47(34-33(25)36(51)46-37(41)45-34)32-18-27(62-23-39)28(65-32)20-64-69(55,56)67-70(57,58)66-68(52,53)54/h5,7,9,17,19,27-29,32H,4,10-16,18,20-23,39-40H2,1-3H3,(H,42,49)(H,43,48)(H,44,50)(H,55,56)(H,57,58)(H2,52,53,54)(H3,41,45,46,51). The first-order valence-electron chi connectivity index (χ1n) is 21.2. The maximum Gasteiger partial charge on any atom is 0.490 e. The van der Waals surface area contributed by atoms with E-state index in [-0.39, 0.29) is 93.6 Å². The molecule has 1 aliphatic heterocycles. The second-order valence-electron chi connectivity index (χ2n) is 15.4. The molecule has 70 heavy (non-hydrogen) atoms. The van der Waals surface area contributed by atoms with Gasteiger partial charge in [0.05, 0.1) is 55.8 Å². The van der Waals surface area contributed by atoms with E-state index < -0.39 is 71.8 Å². The number of phosphoric ester groups is 1. The van der Waals surface area contributed by atoms with E-state index in [1.807, 2.05) is 20.8 Å². The number of nitrogens with two attached hydrogens (primary N) is 3. The molecule has 2 aromatic heterocycles. The molecule has 4 rings (SSSR count). The zero-order valence-corrected chi connectivity index (χ0v) is 40.9. The summed E-state index contributed by atoms with van der Waals surface area (Å²) in [6.45, 7) is 4.95.